The lowest BCUT2D eigenvalue weighted by atomic mass is 9.89. The molecule has 4 atom stereocenters. The van der Waals surface area contributed by atoms with E-state index in [1.54, 1.807) is 20.3 Å². The summed E-state index contributed by atoms with van der Waals surface area (Å²) in [5.41, 5.74) is 2.14. The number of benzene rings is 1. The molecule has 4 N–H and O–H groups in total. The molecule has 1 amide bonds. The molecule has 2 heterocycles. The lowest BCUT2D eigenvalue weighted by Crippen LogP contribution is -2.38. The van der Waals surface area contributed by atoms with Crippen LogP contribution in [-0.4, -0.2) is 71.8 Å². The Balaban J connectivity index is 1.39. The zero-order valence-corrected chi connectivity index (χ0v) is 21.3. The molecule has 11 nitrogen and oxygen atoms in total. The molecule has 1 aliphatic heterocycles. The van der Waals surface area contributed by atoms with E-state index in [2.05, 4.69) is 32.0 Å². The summed E-state index contributed by atoms with van der Waals surface area (Å²) in [6.45, 7) is 1.97. The molecule has 196 valence electrons. The number of carbonyl (C=O) groups excluding carboxylic acids is 1. The molecule has 1 aromatic carbocycles. The molecule has 2 aromatic rings. The molecule has 0 radical (unpaired) electrons. The van der Waals surface area contributed by atoms with Gasteiger partial charge in [-0.2, -0.15) is 4.98 Å². The Kier molecular flexibility index (Phi) is 7.18. The SMILES string of the molecule is COCCN1CC(=O)Nc2cc(Nc3ncc(Cl)c(N[C@H]4[C@@H](C(=O)O)[C@@H]5C=C[C@H]4C5)n3)c(OC)cc2C1. The third-order valence-corrected chi connectivity index (χ3v) is 7.39. The number of amides is 1. The summed E-state index contributed by atoms with van der Waals surface area (Å²) >= 11 is 6.38. The summed E-state index contributed by atoms with van der Waals surface area (Å²) in [5, 5.41) is 19.4. The van der Waals surface area contributed by atoms with Gasteiger partial charge in [0.25, 0.3) is 0 Å². The Morgan fingerprint density at radius 2 is 2.08 bits per heavy atom. The van der Waals surface area contributed by atoms with Crippen LogP contribution in [0, 0.1) is 17.8 Å². The summed E-state index contributed by atoms with van der Waals surface area (Å²) in [6, 6.07) is 3.35. The number of aromatic nitrogens is 2. The Labute approximate surface area is 219 Å². The number of methoxy groups -OCH3 is 2. The fourth-order valence-electron chi connectivity index (χ4n) is 5.37. The fourth-order valence-corrected chi connectivity index (χ4v) is 5.51. The van der Waals surface area contributed by atoms with Crippen molar-refractivity contribution in [3.63, 3.8) is 0 Å². The van der Waals surface area contributed by atoms with Crippen LogP contribution >= 0.6 is 11.6 Å². The highest BCUT2D eigenvalue weighted by molar-refractivity contribution is 6.32. The maximum absolute atomic E-state index is 12.5. The predicted molar refractivity (Wildman–Crippen MR) is 138 cm³/mol. The first-order valence-electron chi connectivity index (χ1n) is 12.1. The molecule has 2 bridgehead atoms. The van der Waals surface area contributed by atoms with Crippen molar-refractivity contribution in [1.82, 2.24) is 14.9 Å². The van der Waals surface area contributed by atoms with Gasteiger partial charge in [-0.3, -0.25) is 14.5 Å². The summed E-state index contributed by atoms with van der Waals surface area (Å²) in [5.74, 6) is -0.242. The summed E-state index contributed by atoms with van der Waals surface area (Å²) in [4.78, 5) is 35.2. The van der Waals surface area contributed by atoms with Crippen LogP contribution in [0.1, 0.15) is 12.0 Å². The Hall–Kier alpha value is -3.41. The van der Waals surface area contributed by atoms with Gasteiger partial charge in [0.1, 0.15) is 10.8 Å². The first-order valence-corrected chi connectivity index (χ1v) is 12.4. The summed E-state index contributed by atoms with van der Waals surface area (Å²) in [6.07, 6.45) is 6.30. The highest BCUT2D eigenvalue weighted by Gasteiger charge is 2.48. The van der Waals surface area contributed by atoms with Crippen LogP contribution in [0.4, 0.5) is 23.1 Å². The number of halogens is 1. The van der Waals surface area contributed by atoms with E-state index < -0.39 is 11.9 Å². The zero-order chi connectivity index (χ0) is 26.1. The predicted octanol–water partition coefficient (Wildman–Crippen LogP) is 2.97. The van der Waals surface area contributed by atoms with Gasteiger partial charge in [0.2, 0.25) is 11.9 Å². The first kappa shape index (κ1) is 25.2. The Morgan fingerprint density at radius 1 is 1.27 bits per heavy atom. The van der Waals surface area contributed by atoms with Gasteiger partial charge in [0.15, 0.2) is 5.82 Å². The number of allylic oxidation sites excluding steroid dienone is 1. The van der Waals surface area contributed by atoms with Crippen molar-refractivity contribution in [3.8, 4) is 5.75 Å². The van der Waals surface area contributed by atoms with Gasteiger partial charge in [-0.05, 0) is 36.0 Å². The van der Waals surface area contributed by atoms with Gasteiger partial charge < -0.3 is 30.5 Å². The lowest BCUT2D eigenvalue weighted by molar-refractivity contribution is -0.142. The topological polar surface area (TPSA) is 138 Å². The van der Waals surface area contributed by atoms with Gasteiger partial charge in [-0.25, -0.2) is 4.98 Å². The maximum atomic E-state index is 12.5. The summed E-state index contributed by atoms with van der Waals surface area (Å²) < 4.78 is 10.8. The summed E-state index contributed by atoms with van der Waals surface area (Å²) in [7, 11) is 3.20. The van der Waals surface area contributed by atoms with Crippen LogP contribution < -0.4 is 20.7 Å². The second kappa shape index (κ2) is 10.5. The molecule has 0 spiro atoms. The minimum atomic E-state index is -0.838. The number of carboxylic acids is 1. The van der Waals surface area contributed by atoms with E-state index in [1.807, 2.05) is 17.0 Å². The average molecular weight is 529 g/mol. The molecule has 1 saturated carbocycles. The molecule has 12 heteroatoms. The average Bonchev–Trinajstić information content (AvgIpc) is 3.43. The second-order valence-corrected chi connectivity index (χ2v) is 9.87. The Bertz CT molecular complexity index is 1240. The minimum Gasteiger partial charge on any atom is -0.495 e. The number of hydrogen-bond acceptors (Lipinski definition) is 9. The largest absolute Gasteiger partial charge is 0.495 e. The molecule has 0 saturated heterocycles. The lowest BCUT2D eigenvalue weighted by Gasteiger charge is -2.26. The smallest absolute Gasteiger partial charge is 0.309 e. The van der Waals surface area contributed by atoms with E-state index in [0.717, 1.165) is 12.0 Å². The van der Waals surface area contributed by atoms with Crippen LogP contribution in [0.25, 0.3) is 0 Å². The number of nitrogens with zero attached hydrogens (tertiary/aromatic N) is 3. The molecule has 0 unspecified atom stereocenters. The van der Waals surface area contributed by atoms with Crippen molar-refractivity contribution in [2.75, 3.05) is 49.9 Å². The van der Waals surface area contributed by atoms with Crippen molar-refractivity contribution in [3.05, 3.63) is 41.1 Å². The molecular formula is C25H29ClN6O5. The van der Waals surface area contributed by atoms with Gasteiger partial charge in [0, 0.05) is 31.9 Å². The monoisotopic (exact) mass is 528 g/mol. The molecule has 2 aliphatic carbocycles. The number of rotatable bonds is 9. The quantitative estimate of drug-likeness (QED) is 0.359. The molecule has 1 aromatic heterocycles. The van der Waals surface area contributed by atoms with E-state index in [1.165, 1.54) is 6.20 Å². The number of ether oxygens (including phenoxy) is 2. The molecule has 5 rings (SSSR count). The van der Waals surface area contributed by atoms with E-state index in [4.69, 9.17) is 21.1 Å². The standard InChI is InChI=1S/C25H29ClN6O5/c1-36-6-5-32-11-15-8-19(37-2)18(9-17(15)28-20(33)12-32)29-25-27-10-16(26)23(31-25)30-22-14-4-3-13(7-14)21(22)24(34)35/h3-4,8-10,13-14,21-22H,5-7,11-12H2,1-2H3,(H,28,33)(H,34,35)(H2,27,29,30,31)/t13-,14+,21+,22-/m1/s1. The van der Waals surface area contributed by atoms with Crippen molar-refractivity contribution in [2.24, 2.45) is 17.8 Å². The highest BCUT2D eigenvalue weighted by atomic mass is 35.5. The normalized spacial score (nSPS) is 24.4. The van der Waals surface area contributed by atoms with Gasteiger partial charge in [-0.15, -0.1) is 0 Å². The van der Waals surface area contributed by atoms with Gasteiger partial charge in [-0.1, -0.05) is 23.8 Å². The third-order valence-electron chi connectivity index (χ3n) is 7.11. The Morgan fingerprint density at radius 3 is 2.84 bits per heavy atom. The third kappa shape index (κ3) is 5.20. The second-order valence-electron chi connectivity index (χ2n) is 9.46. The zero-order valence-electron chi connectivity index (χ0n) is 20.5. The maximum Gasteiger partial charge on any atom is 0.309 e. The van der Waals surface area contributed by atoms with Crippen LogP contribution in [0.5, 0.6) is 5.75 Å². The van der Waals surface area contributed by atoms with Crippen LogP contribution in [0.15, 0.2) is 30.5 Å². The minimum absolute atomic E-state index is 0.00248. The number of hydrogen-bond donors (Lipinski definition) is 4. The number of aliphatic carboxylic acids is 1. The van der Waals surface area contributed by atoms with Crippen LogP contribution in [-0.2, 0) is 20.9 Å². The highest BCUT2D eigenvalue weighted by Crippen LogP contribution is 2.45. The fraction of sp³-hybridized carbons (Fsp3) is 0.440. The van der Waals surface area contributed by atoms with Crippen molar-refractivity contribution in [1.29, 1.82) is 0 Å². The molecule has 1 fully saturated rings. The molecule has 37 heavy (non-hydrogen) atoms. The van der Waals surface area contributed by atoms with E-state index in [-0.39, 0.29) is 36.3 Å². The number of anilines is 4. The van der Waals surface area contributed by atoms with Crippen molar-refractivity contribution >= 4 is 46.6 Å². The van der Waals surface area contributed by atoms with Crippen molar-refractivity contribution < 1.29 is 24.2 Å². The van der Waals surface area contributed by atoms with Gasteiger partial charge >= 0.3 is 5.97 Å². The van der Waals surface area contributed by atoms with Gasteiger partial charge in [0.05, 0.1) is 38.1 Å². The van der Waals surface area contributed by atoms with E-state index >= 15 is 0 Å². The number of carboxylic acid groups (broad SMARTS) is 1. The van der Waals surface area contributed by atoms with E-state index in [0.29, 0.717) is 47.7 Å². The number of carbonyl (C=O) groups is 2. The first-order chi connectivity index (χ1) is 17.9. The molecule has 3 aliphatic rings. The number of nitrogens with one attached hydrogen (secondary N) is 3. The van der Waals surface area contributed by atoms with E-state index in [9.17, 15) is 14.7 Å². The van der Waals surface area contributed by atoms with Crippen molar-refractivity contribution in [2.45, 2.75) is 19.0 Å². The van der Waals surface area contributed by atoms with Crippen LogP contribution in [0.2, 0.25) is 5.02 Å². The number of fused-ring (bicyclic) bond motifs is 3. The van der Waals surface area contributed by atoms with Crippen LogP contribution in [0.3, 0.4) is 0 Å². The molecular weight excluding hydrogens is 500 g/mol.